The SMILES string of the molecule is O=C(CN1CCCN(C(=O)c2cccc(Br)n2)CC1)NCCc1ccccc1. The van der Waals surface area contributed by atoms with Gasteiger partial charge in [-0.3, -0.25) is 14.5 Å². The lowest BCUT2D eigenvalue weighted by atomic mass is 10.1. The summed E-state index contributed by atoms with van der Waals surface area (Å²) < 4.78 is 0.655. The van der Waals surface area contributed by atoms with Crippen LogP contribution in [-0.4, -0.2) is 65.9 Å². The molecular weight excluding hydrogens is 420 g/mol. The molecule has 1 aromatic carbocycles. The topological polar surface area (TPSA) is 65.5 Å². The van der Waals surface area contributed by atoms with E-state index in [9.17, 15) is 9.59 Å². The van der Waals surface area contributed by atoms with E-state index < -0.39 is 0 Å². The van der Waals surface area contributed by atoms with E-state index in [1.807, 2.05) is 29.2 Å². The van der Waals surface area contributed by atoms with E-state index in [-0.39, 0.29) is 11.8 Å². The predicted molar refractivity (Wildman–Crippen MR) is 112 cm³/mol. The molecule has 0 aliphatic carbocycles. The number of hydrogen-bond donors (Lipinski definition) is 1. The molecule has 0 unspecified atom stereocenters. The van der Waals surface area contributed by atoms with Gasteiger partial charge in [0.25, 0.3) is 5.91 Å². The van der Waals surface area contributed by atoms with Crippen LogP contribution in [0.15, 0.2) is 53.1 Å². The molecule has 1 aromatic heterocycles. The van der Waals surface area contributed by atoms with Gasteiger partial charge in [-0.05, 0) is 46.5 Å². The Morgan fingerprint density at radius 2 is 1.82 bits per heavy atom. The fourth-order valence-corrected chi connectivity index (χ4v) is 3.62. The summed E-state index contributed by atoms with van der Waals surface area (Å²) in [6.07, 6.45) is 1.67. The van der Waals surface area contributed by atoms with Gasteiger partial charge in [-0.2, -0.15) is 0 Å². The summed E-state index contributed by atoms with van der Waals surface area (Å²) in [5.74, 6) is -0.0279. The van der Waals surface area contributed by atoms with Gasteiger partial charge in [0.2, 0.25) is 5.91 Å². The highest BCUT2D eigenvalue weighted by molar-refractivity contribution is 9.10. The van der Waals surface area contributed by atoms with Gasteiger partial charge in [0.05, 0.1) is 6.54 Å². The van der Waals surface area contributed by atoms with Gasteiger partial charge in [0.1, 0.15) is 10.3 Å². The lowest BCUT2D eigenvalue weighted by Crippen LogP contribution is -2.40. The van der Waals surface area contributed by atoms with Crippen molar-refractivity contribution in [3.63, 3.8) is 0 Å². The smallest absolute Gasteiger partial charge is 0.272 e. The molecule has 1 fully saturated rings. The van der Waals surface area contributed by atoms with Crippen molar-refractivity contribution < 1.29 is 9.59 Å². The standard InChI is InChI=1S/C21H25BrN4O2/c22-19-9-4-8-18(24-19)21(28)26-13-5-12-25(14-15-26)16-20(27)23-11-10-17-6-2-1-3-7-17/h1-4,6-9H,5,10-16H2,(H,23,27). The largest absolute Gasteiger partial charge is 0.355 e. The van der Waals surface area contributed by atoms with E-state index in [1.165, 1.54) is 5.56 Å². The molecule has 3 rings (SSSR count). The third-order valence-electron chi connectivity index (χ3n) is 4.76. The molecule has 1 N–H and O–H groups in total. The summed E-state index contributed by atoms with van der Waals surface area (Å²) >= 11 is 3.31. The Balaban J connectivity index is 1.43. The van der Waals surface area contributed by atoms with Crippen molar-refractivity contribution in [2.45, 2.75) is 12.8 Å². The second kappa shape index (κ2) is 10.3. The maximum atomic E-state index is 12.7. The summed E-state index contributed by atoms with van der Waals surface area (Å²) in [7, 11) is 0. The Kier molecular flexibility index (Phi) is 7.56. The van der Waals surface area contributed by atoms with Crippen LogP contribution in [-0.2, 0) is 11.2 Å². The molecule has 2 heterocycles. The number of carbonyl (C=O) groups is 2. The minimum atomic E-state index is -0.0598. The van der Waals surface area contributed by atoms with E-state index in [1.54, 1.807) is 12.1 Å². The molecule has 0 spiro atoms. The number of rotatable bonds is 6. The molecule has 0 radical (unpaired) electrons. The van der Waals surface area contributed by atoms with E-state index in [0.717, 1.165) is 19.4 Å². The Hall–Kier alpha value is -2.25. The monoisotopic (exact) mass is 444 g/mol. The highest BCUT2D eigenvalue weighted by Crippen LogP contribution is 2.11. The Morgan fingerprint density at radius 1 is 1.00 bits per heavy atom. The van der Waals surface area contributed by atoms with Gasteiger partial charge in [-0.25, -0.2) is 4.98 Å². The number of hydrogen-bond acceptors (Lipinski definition) is 4. The number of nitrogens with one attached hydrogen (secondary N) is 1. The number of amides is 2. The lowest BCUT2D eigenvalue weighted by Gasteiger charge is -2.21. The normalized spacial score (nSPS) is 15.1. The van der Waals surface area contributed by atoms with E-state index >= 15 is 0 Å². The van der Waals surface area contributed by atoms with Gasteiger partial charge < -0.3 is 10.2 Å². The van der Waals surface area contributed by atoms with Crippen molar-refractivity contribution in [2.75, 3.05) is 39.3 Å². The summed E-state index contributed by atoms with van der Waals surface area (Å²) in [5.41, 5.74) is 1.66. The number of aromatic nitrogens is 1. The van der Waals surface area contributed by atoms with E-state index in [0.29, 0.717) is 43.0 Å². The third-order valence-corrected chi connectivity index (χ3v) is 5.20. The van der Waals surface area contributed by atoms with Gasteiger partial charge >= 0.3 is 0 Å². The Bertz CT molecular complexity index is 800. The molecule has 2 aromatic rings. The summed E-state index contributed by atoms with van der Waals surface area (Å²) in [4.78, 5) is 33.1. The average Bonchev–Trinajstić information content (AvgIpc) is 2.94. The van der Waals surface area contributed by atoms with Crippen LogP contribution in [0.2, 0.25) is 0 Å². The molecule has 0 saturated carbocycles. The first-order chi connectivity index (χ1) is 13.6. The van der Waals surface area contributed by atoms with Gasteiger partial charge in [-0.1, -0.05) is 36.4 Å². The molecular formula is C21H25BrN4O2. The molecule has 2 amide bonds. The maximum absolute atomic E-state index is 12.7. The zero-order valence-electron chi connectivity index (χ0n) is 15.8. The Labute approximate surface area is 174 Å². The molecule has 6 nitrogen and oxygen atoms in total. The first-order valence-electron chi connectivity index (χ1n) is 9.56. The van der Waals surface area contributed by atoms with Crippen molar-refractivity contribution in [3.05, 3.63) is 64.4 Å². The molecule has 1 aliphatic rings. The van der Waals surface area contributed by atoms with Gasteiger partial charge in [0, 0.05) is 32.7 Å². The molecule has 0 atom stereocenters. The molecule has 0 bridgehead atoms. The first-order valence-corrected chi connectivity index (χ1v) is 10.4. The number of carbonyl (C=O) groups excluding carboxylic acids is 2. The van der Waals surface area contributed by atoms with Crippen molar-refractivity contribution in [1.82, 2.24) is 20.1 Å². The predicted octanol–water partition coefficient (Wildman–Crippen LogP) is 2.35. The van der Waals surface area contributed by atoms with Gasteiger partial charge in [0.15, 0.2) is 0 Å². The highest BCUT2D eigenvalue weighted by Gasteiger charge is 2.22. The lowest BCUT2D eigenvalue weighted by molar-refractivity contribution is -0.122. The van der Waals surface area contributed by atoms with Crippen LogP contribution in [0.3, 0.4) is 0 Å². The third kappa shape index (κ3) is 6.14. The van der Waals surface area contributed by atoms with Crippen molar-refractivity contribution in [3.8, 4) is 0 Å². The minimum absolute atomic E-state index is 0.0318. The zero-order chi connectivity index (χ0) is 19.8. The van der Waals surface area contributed by atoms with Crippen LogP contribution in [0.5, 0.6) is 0 Å². The van der Waals surface area contributed by atoms with Crippen LogP contribution >= 0.6 is 15.9 Å². The molecule has 1 aliphatic heterocycles. The molecule has 1 saturated heterocycles. The number of nitrogens with zero attached hydrogens (tertiary/aromatic N) is 3. The van der Waals surface area contributed by atoms with E-state index in [4.69, 9.17) is 0 Å². The Morgan fingerprint density at radius 3 is 2.61 bits per heavy atom. The maximum Gasteiger partial charge on any atom is 0.272 e. The zero-order valence-corrected chi connectivity index (χ0v) is 17.4. The molecule has 148 valence electrons. The average molecular weight is 445 g/mol. The van der Waals surface area contributed by atoms with Crippen molar-refractivity contribution in [1.29, 1.82) is 0 Å². The van der Waals surface area contributed by atoms with E-state index in [2.05, 4.69) is 43.3 Å². The van der Waals surface area contributed by atoms with Crippen LogP contribution in [0, 0.1) is 0 Å². The fraction of sp³-hybridized carbons (Fsp3) is 0.381. The second-order valence-corrected chi connectivity index (χ2v) is 7.67. The summed E-state index contributed by atoms with van der Waals surface area (Å²) in [6, 6.07) is 15.5. The number of pyridine rings is 1. The molecule has 28 heavy (non-hydrogen) atoms. The second-order valence-electron chi connectivity index (χ2n) is 6.85. The van der Waals surface area contributed by atoms with Crippen LogP contribution < -0.4 is 5.32 Å². The fourth-order valence-electron chi connectivity index (χ4n) is 3.27. The van der Waals surface area contributed by atoms with Gasteiger partial charge in [-0.15, -0.1) is 0 Å². The van der Waals surface area contributed by atoms with Crippen molar-refractivity contribution >= 4 is 27.7 Å². The van der Waals surface area contributed by atoms with Crippen molar-refractivity contribution in [2.24, 2.45) is 0 Å². The van der Waals surface area contributed by atoms with Crippen LogP contribution in [0.4, 0.5) is 0 Å². The van der Waals surface area contributed by atoms with Crippen LogP contribution in [0.25, 0.3) is 0 Å². The summed E-state index contributed by atoms with van der Waals surface area (Å²) in [6.45, 7) is 3.78. The highest BCUT2D eigenvalue weighted by atomic mass is 79.9. The molecule has 7 heteroatoms. The first kappa shape index (κ1) is 20.5. The number of halogens is 1. The number of benzene rings is 1. The van der Waals surface area contributed by atoms with Crippen LogP contribution in [0.1, 0.15) is 22.5 Å². The minimum Gasteiger partial charge on any atom is -0.355 e. The summed E-state index contributed by atoms with van der Waals surface area (Å²) in [5, 5.41) is 2.99. The quantitative estimate of drug-likeness (QED) is 0.694.